The van der Waals surface area contributed by atoms with Crippen LogP contribution in [0.25, 0.3) is 0 Å². The number of carboxylic acid groups (broad SMARTS) is 1. The van der Waals surface area contributed by atoms with Gasteiger partial charge in [0.25, 0.3) is 0 Å². The van der Waals surface area contributed by atoms with E-state index in [0.717, 1.165) is 12.8 Å². The Labute approximate surface area is 153 Å². The third-order valence-electron chi connectivity index (χ3n) is 4.77. The number of benzene rings is 1. The van der Waals surface area contributed by atoms with Gasteiger partial charge in [0.15, 0.2) is 0 Å². The maximum Gasteiger partial charge on any atom is 0.335 e. The first-order chi connectivity index (χ1) is 12.6. The number of tetrazole rings is 1. The first kappa shape index (κ1) is 16.8. The molecule has 0 aliphatic heterocycles. The van der Waals surface area contributed by atoms with E-state index in [9.17, 15) is 9.59 Å². The van der Waals surface area contributed by atoms with Gasteiger partial charge in [-0.2, -0.15) is 0 Å². The number of carbonyl (C=O) groups excluding carboxylic acids is 1. The second-order valence-electron chi connectivity index (χ2n) is 6.47. The van der Waals surface area contributed by atoms with Crippen molar-refractivity contribution in [1.29, 1.82) is 0 Å². The number of aromatic nitrogens is 4. The molecule has 1 fully saturated rings. The van der Waals surface area contributed by atoms with Crippen LogP contribution >= 0.6 is 11.8 Å². The Morgan fingerprint density at radius 3 is 2.69 bits per heavy atom. The van der Waals surface area contributed by atoms with E-state index < -0.39 is 5.97 Å². The highest BCUT2D eigenvalue weighted by Gasteiger charge is 2.38. The molecule has 0 saturated heterocycles. The minimum Gasteiger partial charge on any atom is -0.478 e. The number of anilines is 1. The average molecular weight is 371 g/mol. The van der Waals surface area contributed by atoms with E-state index in [4.69, 9.17) is 5.11 Å². The first-order valence-electron chi connectivity index (χ1n) is 8.32. The molecular weight excluding hydrogens is 354 g/mol. The Balaban J connectivity index is 1.34. The van der Waals surface area contributed by atoms with E-state index in [1.165, 1.54) is 23.9 Å². The predicted octanol–water partition coefficient (Wildman–Crippen LogP) is 2.24. The summed E-state index contributed by atoms with van der Waals surface area (Å²) in [5.74, 6) is 0.0762. The van der Waals surface area contributed by atoms with Gasteiger partial charge >= 0.3 is 5.97 Å². The number of nitrogens with one attached hydrogen (secondary N) is 1. The van der Waals surface area contributed by atoms with Gasteiger partial charge in [0.05, 0.1) is 17.4 Å². The molecule has 0 spiro atoms. The number of allylic oxidation sites excluding steroid dienone is 2. The van der Waals surface area contributed by atoms with Gasteiger partial charge in [-0.3, -0.25) is 4.79 Å². The largest absolute Gasteiger partial charge is 0.478 e. The molecule has 2 bridgehead atoms. The highest BCUT2D eigenvalue weighted by Crippen LogP contribution is 2.46. The second kappa shape index (κ2) is 6.91. The van der Waals surface area contributed by atoms with Crippen LogP contribution in [0.3, 0.4) is 0 Å². The van der Waals surface area contributed by atoms with E-state index in [0.29, 0.717) is 22.7 Å². The number of carbonyl (C=O) groups is 2. The number of thioether (sulfide) groups is 1. The Morgan fingerprint density at radius 2 is 2.04 bits per heavy atom. The molecule has 9 heteroatoms. The summed E-state index contributed by atoms with van der Waals surface area (Å²) in [7, 11) is 0. The molecule has 1 heterocycles. The molecule has 2 N–H and O–H groups in total. The van der Waals surface area contributed by atoms with Gasteiger partial charge in [0, 0.05) is 5.69 Å². The van der Waals surface area contributed by atoms with Crippen LogP contribution in [0.15, 0.2) is 41.6 Å². The minimum atomic E-state index is -0.999. The number of hydrogen-bond donors (Lipinski definition) is 2. The van der Waals surface area contributed by atoms with Gasteiger partial charge in [-0.05, 0) is 59.4 Å². The average Bonchev–Trinajstić information content (AvgIpc) is 3.36. The maximum absolute atomic E-state index is 12.1. The third kappa shape index (κ3) is 3.34. The summed E-state index contributed by atoms with van der Waals surface area (Å²) in [5, 5.41) is 24.2. The normalized spacial score (nSPS) is 23.3. The molecule has 3 atom stereocenters. The van der Waals surface area contributed by atoms with Crippen LogP contribution in [0, 0.1) is 11.8 Å². The molecule has 0 radical (unpaired) electrons. The first-order valence-corrected chi connectivity index (χ1v) is 9.31. The van der Waals surface area contributed by atoms with E-state index >= 15 is 0 Å². The van der Waals surface area contributed by atoms with Crippen molar-refractivity contribution in [3.8, 4) is 0 Å². The topological polar surface area (TPSA) is 110 Å². The quantitative estimate of drug-likeness (QED) is 0.592. The van der Waals surface area contributed by atoms with Crippen molar-refractivity contribution < 1.29 is 14.7 Å². The zero-order chi connectivity index (χ0) is 18.1. The number of aromatic carboxylic acids is 1. The highest BCUT2D eigenvalue weighted by atomic mass is 32.2. The van der Waals surface area contributed by atoms with Gasteiger partial charge in [-0.15, -0.1) is 5.10 Å². The predicted molar refractivity (Wildman–Crippen MR) is 95.0 cm³/mol. The number of rotatable bonds is 6. The molecule has 1 saturated carbocycles. The summed E-state index contributed by atoms with van der Waals surface area (Å²) in [6.07, 6.45) is 6.70. The zero-order valence-electron chi connectivity index (χ0n) is 13.8. The number of fused-ring (bicyclic) bond motifs is 2. The lowest BCUT2D eigenvalue weighted by Gasteiger charge is -2.18. The fourth-order valence-corrected chi connectivity index (χ4v) is 4.28. The second-order valence-corrected chi connectivity index (χ2v) is 7.42. The van der Waals surface area contributed by atoms with E-state index in [1.54, 1.807) is 12.1 Å². The number of hydrogen-bond acceptors (Lipinski definition) is 6. The van der Waals surface area contributed by atoms with Crippen molar-refractivity contribution in [2.45, 2.75) is 24.0 Å². The lowest BCUT2D eigenvalue weighted by molar-refractivity contribution is -0.113. The Kier molecular flexibility index (Phi) is 4.46. The molecule has 26 heavy (non-hydrogen) atoms. The molecule has 2 aromatic rings. The Hall–Kier alpha value is -2.68. The Bertz CT molecular complexity index is 864. The SMILES string of the molecule is O=C(CSc1nnnn1[C@@H]1C[C@@H]2C=C[C@H]1C2)Nc1ccc(C(=O)O)cc1. The van der Waals surface area contributed by atoms with Crippen molar-refractivity contribution in [3.05, 3.63) is 42.0 Å². The fourth-order valence-electron chi connectivity index (χ4n) is 3.54. The van der Waals surface area contributed by atoms with Crippen molar-refractivity contribution in [2.75, 3.05) is 11.1 Å². The maximum atomic E-state index is 12.1. The van der Waals surface area contributed by atoms with Crippen LogP contribution in [-0.4, -0.2) is 42.9 Å². The van der Waals surface area contributed by atoms with Gasteiger partial charge in [-0.1, -0.05) is 23.9 Å². The summed E-state index contributed by atoms with van der Waals surface area (Å²) in [4.78, 5) is 23.0. The molecule has 2 aliphatic rings. The molecule has 8 nitrogen and oxygen atoms in total. The Morgan fingerprint density at radius 1 is 1.23 bits per heavy atom. The van der Waals surface area contributed by atoms with Crippen LogP contribution in [0.5, 0.6) is 0 Å². The fraction of sp³-hybridized carbons (Fsp3) is 0.353. The summed E-state index contributed by atoms with van der Waals surface area (Å²) < 4.78 is 1.84. The molecule has 2 aliphatic carbocycles. The van der Waals surface area contributed by atoms with E-state index in [-0.39, 0.29) is 23.3 Å². The lowest BCUT2D eigenvalue weighted by atomic mass is 10.0. The van der Waals surface area contributed by atoms with Crippen LogP contribution in [0.4, 0.5) is 5.69 Å². The van der Waals surface area contributed by atoms with Crippen LogP contribution in [0.2, 0.25) is 0 Å². The molecule has 134 valence electrons. The zero-order valence-corrected chi connectivity index (χ0v) is 14.6. The van der Waals surface area contributed by atoms with E-state index in [2.05, 4.69) is 33.0 Å². The summed E-state index contributed by atoms with van der Waals surface area (Å²) >= 11 is 1.30. The standard InChI is InChI=1S/C17H17N5O3S/c23-15(18-13-5-3-11(4-6-13)16(24)25)9-26-17-19-20-21-22(17)14-8-10-1-2-12(14)7-10/h1-6,10,12,14H,7-9H2,(H,18,23)(H,24,25)/t10-,12+,14-/m1/s1. The summed E-state index contributed by atoms with van der Waals surface area (Å²) in [5.41, 5.74) is 0.731. The van der Waals surface area contributed by atoms with Crippen molar-refractivity contribution >= 4 is 29.3 Å². The smallest absolute Gasteiger partial charge is 0.335 e. The van der Waals surface area contributed by atoms with E-state index in [1.807, 2.05) is 4.68 Å². The number of amides is 1. The molecule has 1 aromatic carbocycles. The summed E-state index contributed by atoms with van der Waals surface area (Å²) in [6.45, 7) is 0. The highest BCUT2D eigenvalue weighted by molar-refractivity contribution is 7.99. The molecule has 1 aromatic heterocycles. The van der Waals surface area contributed by atoms with Crippen molar-refractivity contribution in [1.82, 2.24) is 20.2 Å². The van der Waals surface area contributed by atoms with Crippen molar-refractivity contribution in [2.24, 2.45) is 11.8 Å². The van der Waals surface area contributed by atoms with Crippen LogP contribution < -0.4 is 5.32 Å². The van der Waals surface area contributed by atoms with Gasteiger partial charge in [0.1, 0.15) is 0 Å². The van der Waals surface area contributed by atoms with Gasteiger partial charge in [0.2, 0.25) is 11.1 Å². The lowest BCUT2D eigenvalue weighted by Crippen LogP contribution is -2.18. The third-order valence-corrected chi connectivity index (χ3v) is 5.70. The molecule has 0 unspecified atom stereocenters. The monoisotopic (exact) mass is 371 g/mol. The molecule has 4 rings (SSSR count). The van der Waals surface area contributed by atoms with Crippen LogP contribution in [-0.2, 0) is 4.79 Å². The van der Waals surface area contributed by atoms with Gasteiger partial charge in [-0.25, -0.2) is 9.48 Å². The molecule has 1 amide bonds. The number of nitrogens with zero attached hydrogens (tertiary/aromatic N) is 4. The summed E-state index contributed by atoms with van der Waals surface area (Å²) in [6, 6.07) is 6.31. The van der Waals surface area contributed by atoms with Crippen LogP contribution in [0.1, 0.15) is 29.2 Å². The molecular formula is C17H17N5O3S. The van der Waals surface area contributed by atoms with Gasteiger partial charge < -0.3 is 10.4 Å². The minimum absolute atomic E-state index is 0.177. The number of carboxylic acids is 1. The van der Waals surface area contributed by atoms with Crippen molar-refractivity contribution in [3.63, 3.8) is 0 Å².